The maximum Gasteiger partial charge on any atom is 0.397 e. The molecule has 4 N–H and O–H groups in total. The first-order valence-corrected chi connectivity index (χ1v) is 17.1. The van der Waals surface area contributed by atoms with Crippen LogP contribution in [0.4, 0.5) is 0 Å². The Morgan fingerprint density at radius 1 is 1.05 bits per heavy atom. The molecule has 3 fully saturated rings. The van der Waals surface area contributed by atoms with Gasteiger partial charge in [0.2, 0.25) is 0 Å². The highest BCUT2D eigenvalue weighted by molar-refractivity contribution is 7.81. The van der Waals surface area contributed by atoms with Crippen LogP contribution in [0.2, 0.25) is 0 Å². The average molecular weight is 595 g/mol. The molecule has 3 saturated carbocycles. The molecule has 39 heavy (non-hydrogen) atoms. The van der Waals surface area contributed by atoms with Crippen LogP contribution in [0.5, 0.6) is 0 Å². The SMILES string of the molecule is CC(CO)CCC[C@@H](COS(=O)(=O)O)[C@H]1CC[C@H]2[C@@H]3CC=C4CC(O)C(OS(=O)(=O)O)C[C@]4(C)[C@H]3CC[C@]12C. The fourth-order valence-corrected chi connectivity index (χ4v) is 9.99. The van der Waals surface area contributed by atoms with Crippen LogP contribution in [0.15, 0.2) is 11.6 Å². The Hall–Kier alpha value is -0.600. The van der Waals surface area contributed by atoms with E-state index in [4.69, 9.17) is 8.37 Å². The van der Waals surface area contributed by atoms with Crippen LogP contribution >= 0.6 is 0 Å². The molecule has 4 rings (SSSR count). The summed E-state index contributed by atoms with van der Waals surface area (Å²) in [5.74, 6) is 1.41. The van der Waals surface area contributed by atoms with Crippen LogP contribution in [0.3, 0.4) is 0 Å². The first kappa shape index (κ1) is 31.3. The van der Waals surface area contributed by atoms with Gasteiger partial charge in [0.1, 0.15) is 6.10 Å². The van der Waals surface area contributed by atoms with Gasteiger partial charge in [-0.2, -0.15) is 16.8 Å². The maximum absolute atomic E-state index is 11.5. The van der Waals surface area contributed by atoms with Crippen molar-refractivity contribution in [2.24, 2.45) is 46.3 Å². The lowest BCUT2D eigenvalue weighted by atomic mass is 9.46. The normalized spacial score (nSPS) is 40.2. The van der Waals surface area contributed by atoms with Crippen LogP contribution < -0.4 is 0 Å². The molecule has 0 aromatic heterocycles. The molecule has 4 aliphatic rings. The lowest BCUT2D eigenvalue weighted by Gasteiger charge is -2.59. The first-order valence-electron chi connectivity index (χ1n) is 14.3. The molecule has 0 radical (unpaired) electrons. The predicted molar refractivity (Wildman–Crippen MR) is 144 cm³/mol. The summed E-state index contributed by atoms with van der Waals surface area (Å²) in [6, 6.07) is 0. The highest BCUT2D eigenvalue weighted by Crippen LogP contribution is 2.67. The van der Waals surface area contributed by atoms with E-state index < -0.39 is 33.0 Å². The van der Waals surface area contributed by atoms with Crippen molar-refractivity contribution in [3.05, 3.63) is 11.6 Å². The summed E-state index contributed by atoms with van der Waals surface area (Å²) < 4.78 is 74.2. The zero-order valence-electron chi connectivity index (χ0n) is 23.2. The van der Waals surface area contributed by atoms with Gasteiger partial charge in [0.15, 0.2) is 0 Å². The number of hydrogen-bond donors (Lipinski definition) is 4. The third kappa shape index (κ3) is 6.74. The van der Waals surface area contributed by atoms with E-state index in [0.717, 1.165) is 56.9 Å². The van der Waals surface area contributed by atoms with Gasteiger partial charge in [-0.3, -0.25) is 9.11 Å². The predicted octanol–water partition coefficient (Wildman–Crippen LogP) is 3.96. The zero-order valence-corrected chi connectivity index (χ0v) is 24.9. The Bertz CT molecular complexity index is 1120. The van der Waals surface area contributed by atoms with Gasteiger partial charge in [0, 0.05) is 6.61 Å². The molecule has 0 aromatic rings. The quantitative estimate of drug-likeness (QED) is 0.203. The number of fused-ring (bicyclic) bond motifs is 5. The Balaban J connectivity index is 1.54. The molecule has 0 spiro atoms. The van der Waals surface area contributed by atoms with Crippen molar-refractivity contribution in [1.82, 2.24) is 0 Å². The van der Waals surface area contributed by atoms with E-state index in [1.54, 1.807) is 0 Å². The molecular weight excluding hydrogens is 548 g/mol. The molecule has 10 atom stereocenters. The molecule has 226 valence electrons. The number of aliphatic hydroxyl groups is 2. The minimum absolute atomic E-state index is 0.0305. The number of allylic oxidation sites excluding steroid dienone is 1. The minimum Gasteiger partial charge on any atom is -0.396 e. The monoisotopic (exact) mass is 594 g/mol. The second-order valence-electron chi connectivity index (χ2n) is 13.2. The molecule has 0 heterocycles. The van der Waals surface area contributed by atoms with E-state index in [-0.39, 0.29) is 47.7 Å². The molecule has 12 heteroatoms. The van der Waals surface area contributed by atoms with Crippen molar-refractivity contribution < 1.29 is 44.5 Å². The van der Waals surface area contributed by atoms with Crippen LogP contribution in [0.25, 0.3) is 0 Å². The topological polar surface area (TPSA) is 168 Å². The van der Waals surface area contributed by atoms with Crippen molar-refractivity contribution in [3.63, 3.8) is 0 Å². The van der Waals surface area contributed by atoms with Gasteiger partial charge in [0.05, 0.1) is 12.7 Å². The molecule has 4 aliphatic carbocycles. The van der Waals surface area contributed by atoms with Gasteiger partial charge >= 0.3 is 20.8 Å². The van der Waals surface area contributed by atoms with E-state index in [0.29, 0.717) is 24.7 Å². The first-order chi connectivity index (χ1) is 18.1. The van der Waals surface area contributed by atoms with Crippen LogP contribution in [-0.4, -0.2) is 61.6 Å². The number of rotatable bonds is 11. The molecule has 10 nitrogen and oxygen atoms in total. The molecule has 0 bridgehead atoms. The summed E-state index contributed by atoms with van der Waals surface area (Å²) in [5.41, 5.74) is 0.768. The number of aliphatic hydroxyl groups excluding tert-OH is 2. The molecular formula is C27H46O10S2. The van der Waals surface area contributed by atoms with Crippen molar-refractivity contribution >= 4 is 20.8 Å². The van der Waals surface area contributed by atoms with Crippen LogP contribution in [0.1, 0.15) is 85.0 Å². The van der Waals surface area contributed by atoms with E-state index in [2.05, 4.69) is 19.9 Å². The second-order valence-corrected chi connectivity index (χ2v) is 15.4. The average Bonchev–Trinajstić information content (AvgIpc) is 3.17. The fraction of sp³-hybridized carbons (Fsp3) is 0.926. The maximum atomic E-state index is 11.5. The summed E-state index contributed by atoms with van der Waals surface area (Å²) in [4.78, 5) is 0. The Kier molecular flexibility index (Phi) is 9.31. The number of hydrogen-bond acceptors (Lipinski definition) is 8. The Morgan fingerprint density at radius 3 is 2.41 bits per heavy atom. The summed E-state index contributed by atoms with van der Waals surface area (Å²) >= 11 is 0. The second kappa shape index (κ2) is 11.6. The summed E-state index contributed by atoms with van der Waals surface area (Å²) in [6.07, 6.45) is 8.01. The summed E-state index contributed by atoms with van der Waals surface area (Å²) in [6.45, 7) is 6.50. The molecule has 3 unspecified atom stereocenters. The highest BCUT2D eigenvalue weighted by atomic mass is 32.3. The van der Waals surface area contributed by atoms with E-state index in [1.807, 2.05) is 6.92 Å². The lowest BCUT2D eigenvalue weighted by Crippen LogP contribution is -2.54. The van der Waals surface area contributed by atoms with E-state index in [1.165, 1.54) is 0 Å². The van der Waals surface area contributed by atoms with Gasteiger partial charge in [0.25, 0.3) is 0 Å². The Morgan fingerprint density at radius 2 is 1.77 bits per heavy atom. The largest absolute Gasteiger partial charge is 0.397 e. The van der Waals surface area contributed by atoms with Crippen LogP contribution in [-0.2, 0) is 29.2 Å². The van der Waals surface area contributed by atoms with Crippen molar-refractivity contribution in [2.45, 2.75) is 97.2 Å². The molecule has 0 saturated heterocycles. The molecule has 0 aromatic carbocycles. The Labute approximate surface area is 233 Å². The molecule has 0 aliphatic heterocycles. The zero-order chi connectivity index (χ0) is 28.8. The summed E-state index contributed by atoms with van der Waals surface area (Å²) in [7, 11) is -9.24. The van der Waals surface area contributed by atoms with E-state index >= 15 is 0 Å². The van der Waals surface area contributed by atoms with Gasteiger partial charge in [-0.15, -0.1) is 0 Å². The molecule has 0 amide bonds. The lowest BCUT2D eigenvalue weighted by molar-refractivity contribution is -0.0854. The third-order valence-corrected chi connectivity index (χ3v) is 11.9. The van der Waals surface area contributed by atoms with Crippen molar-refractivity contribution in [2.75, 3.05) is 13.2 Å². The van der Waals surface area contributed by atoms with E-state index in [9.17, 15) is 36.2 Å². The van der Waals surface area contributed by atoms with Gasteiger partial charge in [-0.1, -0.05) is 38.8 Å². The smallest absolute Gasteiger partial charge is 0.396 e. The summed E-state index contributed by atoms with van der Waals surface area (Å²) in [5, 5.41) is 20.0. The minimum atomic E-state index is -4.69. The highest BCUT2D eigenvalue weighted by Gasteiger charge is 2.60. The fourth-order valence-electron chi connectivity index (χ4n) is 9.13. The van der Waals surface area contributed by atoms with Crippen molar-refractivity contribution in [3.8, 4) is 0 Å². The third-order valence-electron chi connectivity index (χ3n) is 11.0. The van der Waals surface area contributed by atoms with Gasteiger partial charge in [-0.05, 0) is 104 Å². The van der Waals surface area contributed by atoms with Crippen LogP contribution in [0, 0.1) is 46.3 Å². The van der Waals surface area contributed by atoms with Crippen molar-refractivity contribution in [1.29, 1.82) is 0 Å². The van der Waals surface area contributed by atoms with Gasteiger partial charge in [-0.25, -0.2) is 8.37 Å². The van der Waals surface area contributed by atoms with Gasteiger partial charge < -0.3 is 10.2 Å². The standard InChI is InChI=1S/C27H46O10S2/c1-17(15-28)5-4-6-18(16-36-38(30,31)32)21-9-10-22-20-8-7-19-13-24(29)25(37-39(33,34)35)14-27(19,3)23(20)11-12-26(21,22)2/h7,17-18,20-25,28-29H,4-6,8-16H2,1-3H3,(H,30,31,32)(H,33,34,35)/t17?,18-,20-,21+,22-,23-,24?,25?,26+,27-/m0/s1.